The molecule has 1 aromatic carbocycles. The highest BCUT2D eigenvalue weighted by molar-refractivity contribution is 9.10. The van der Waals surface area contributed by atoms with E-state index in [1.165, 1.54) is 6.26 Å². The maximum atomic E-state index is 12.4. The normalized spacial score (nSPS) is 14.6. The second kappa shape index (κ2) is 7.09. The zero-order valence-electron chi connectivity index (χ0n) is 13.3. The Morgan fingerprint density at radius 1 is 1.12 bits per heavy atom. The lowest BCUT2D eigenvalue weighted by Crippen LogP contribution is -2.51. The smallest absolute Gasteiger partial charge is 0.321 e. The lowest BCUT2D eigenvalue weighted by molar-refractivity contribution is 0.0640. The number of rotatable bonds is 2. The van der Waals surface area contributed by atoms with Crippen LogP contribution in [0.25, 0.3) is 0 Å². The van der Waals surface area contributed by atoms with Gasteiger partial charge in [0.25, 0.3) is 5.91 Å². The monoisotopic (exact) mass is 391 g/mol. The van der Waals surface area contributed by atoms with Crippen molar-refractivity contribution in [3.8, 4) is 0 Å². The van der Waals surface area contributed by atoms with E-state index in [-0.39, 0.29) is 11.9 Å². The fourth-order valence-electron chi connectivity index (χ4n) is 2.59. The Labute approximate surface area is 148 Å². The number of urea groups is 1. The molecule has 0 saturated carbocycles. The molecule has 0 unspecified atom stereocenters. The van der Waals surface area contributed by atoms with E-state index in [9.17, 15) is 9.59 Å². The van der Waals surface area contributed by atoms with Crippen LogP contribution in [-0.4, -0.2) is 47.9 Å². The van der Waals surface area contributed by atoms with Gasteiger partial charge in [-0.25, -0.2) is 4.79 Å². The summed E-state index contributed by atoms with van der Waals surface area (Å²) in [7, 11) is 0. The van der Waals surface area contributed by atoms with E-state index in [1.54, 1.807) is 21.9 Å². The van der Waals surface area contributed by atoms with Crippen LogP contribution in [0.1, 0.15) is 16.1 Å². The lowest BCUT2D eigenvalue weighted by atomic mass is 10.2. The first-order valence-corrected chi connectivity index (χ1v) is 8.49. The first-order chi connectivity index (χ1) is 11.5. The number of hydrogen-bond acceptors (Lipinski definition) is 3. The SMILES string of the molecule is Cc1ccc(Br)cc1NC(=O)N1CCN(C(=O)c2ccco2)CC1. The molecule has 1 aliphatic heterocycles. The Balaban J connectivity index is 1.57. The van der Waals surface area contributed by atoms with Crippen LogP contribution in [0, 0.1) is 6.92 Å². The molecule has 3 amide bonds. The molecule has 24 heavy (non-hydrogen) atoms. The summed E-state index contributed by atoms with van der Waals surface area (Å²) in [5, 5.41) is 2.93. The number of piperazine rings is 1. The molecule has 7 heteroatoms. The number of carbonyl (C=O) groups is 2. The lowest BCUT2D eigenvalue weighted by Gasteiger charge is -2.34. The van der Waals surface area contributed by atoms with Crippen molar-refractivity contribution in [1.29, 1.82) is 0 Å². The summed E-state index contributed by atoms with van der Waals surface area (Å²) in [5.74, 6) is 0.195. The summed E-state index contributed by atoms with van der Waals surface area (Å²) in [6.45, 7) is 3.91. The maximum Gasteiger partial charge on any atom is 0.321 e. The van der Waals surface area contributed by atoms with Crippen molar-refractivity contribution in [3.05, 3.63) is 52.4 Å². The van der Waals surface area contributed by atoms with Gasteiger partial charge < -0.3 is 19.5 Å². The summed E-state index contributed by atoms with van der Waals surface area (Å²) in [4.78, 5) is 28.0. The summed E-state index contributed by atoms with van der Waals surface area (Å²) >= 11 is 3.41. The number of benzene rings is 1. The van der Waals surface area contributed by atoms with Gasteiger partial charge in [0.15, 0.2) is 5.76 Å². The number of aryl methyl sites for hydroxylation is 1. The van der Waals surface area contributed by atoms with Gasteiger partial charge >= 0.3 is 6.03 Å². The van der Waals surface area contributed by atoms with Crippen LogP contribution in [0.4, 0.5) is 10.5 Å². The van der Waals surface area contributed by atoms with Crippen molar-refractivity contribution < 1.29 is 14.0 Å². The molecule has 2 aromatic rings. The summed E-state index contributed by atoms with van der Waals surface area (Å²) in [6, 6.07) is 8.95. The quantitative estimate of drug-likeness (QED) is 0.853. The van der Waals surface area contributed by atoms with Gasteiger partial charge in [-0.05, 0) is 36.8 Å². The molecule has 0 radical (unpaired) electrons. The Kier molecular flexibility index (Phi) is 4.89. The van der Waals surface area contributed by atoms with Crippen molar-refractivity contribution in [2.45, 2.75) is 6.92 Å². The highest BCUT2D eigenvalue weighted by atomic mass is 79.9. The molecule has 0 spiro atoms. The minimum atomic E-state index is -0.152. The van der Waals surface area contributed by atoms with E-state index in [0.29, 0.717) is 31.9 Å². The van der Waals surface area contributed by atoms with Crippen molar-refractivity contribution in [3.63, 3.8) is 0 Å². The Bertz CT molecular complexity index is 738. The van der Waals surface area contributed by atoms with Crippen LogP contribution in [0.15, 0.2) is 45.5 Å². The fourth-order valence-corrected chi connectivity index (χ4v) is 2.95. The molecule has 2 heterocycles. The zero-order chi connectivity index (χ0) is 17.1. The summed E-state index contributed by atoms with van der Waals surface area (Å²) in [6.07, 6.45) is 1.48. The summed E-state index contributed by atoms with van der Waals surface area (Å²) in [5.41, 5.74) is 1.78. The Morgan fingerprint density at radius 3 is 2.50 bits per heavy atom. The molecule has 1 aliphatic rings. The van der Waals surface area contributed by atoms with Crippen LogP contribution >= 0.6 is 15.9 Å². The van der Waals surface area contributed by atoms with Gasteiger partial charge in [-0.3, -0.25) is 4.79 Å². The topological polar surface area (TPSA) is 65.8 Å². The first-order valence-electron chi connectivity index (χ1n) is 7.69. The van der Waals surface area contributed by atoms with Gasteiger partial charge in [-0.1, -0.05) is 22.0 Å². The largest absolute Gasteiger partial charge is 0.459 e. The molecule has 6 nitrogen and oxygen atoms in total. The predicted octanol–water partition coefficient (Wildman–Crippen LogP) is 3.34. The molecule has 1 saturated heterocycles. The van der Waals surface area contributed by atoms with Crippen molar-refractivity contribution in [1.82, 2.24) is 9.80 Å². The molecule has 3 rings (SSSR count). The zero-order valence-corrected chi connectivity index (χ0v) is 14.9. The number of nitrogens with one attached hydrogen (secondary N) is 1. The third-order valence-corrected chi connectivity index (χ3v) is 4.52. The highest BCUT2D eigenvalue weighted by Gasteiger charge is 2.26. The maximum absolute atomic E-state index is 12.4. The van der Waals surface area contributed by atoms with Crippen molar-refractivity contribution in [2.75, 3.05) is 31.5 Å². The minimum absolute atomic E-state index is 0.136. The van der Waals surface area contributed by atoms with Gasteiger partial charge in [-0.2, -0.15) is 0 Å². The van der Waals surface area contributed by atoms with E-state index in [2.05, 4.69) is 21.2 Å². The molecular weight excluding hydrogens is 374 g/mol. The average Bonchev–Trinajstić information content (AvgIpc) is 3.12. The highest BCUT2D eigenvalue weighted by Crippen LogP contribution is 2.21. The molecule has 0 bridgehead atoms. The number of hydrogen-bond donors (Lipinski definition) is 1. The molecule has 0 aliphatic carbocycles. The van der Waals surface area contributed by atoms with Gasteiger partial charge in [0.05, 0.1) is 6.26 Å². The minimum Gasteiger partial charge on any atom is -0.459 e. The van der Waals surface area contributed by atoms with E-state index < -0.39 is 0 Å². The third-order valence-electron chi connectivity index (χ3n) is 4.03. The molecule has 1 fully saturated rings. The number of carbonyl (C=O) groups excluding carboxylic acids is 2. The second-order valence-corrected chi connectivity index (χ2v) is 6.56. The molecule has 126 valence electrons. The van der Waals surface area contributed by atoms with Crippen LogP contribution < -0.4 is 5.32 Å². The molecule has 1 N–H and O–H groups in total. The number of nitrogens with zero attached hydrogens (tertiary/aromatic N) is 2. The van der Waals surface area contributed by atoms with Gasteiger partial charge in [0.2, 0.25) is 0 Å². The van der Waals surface area contributed by atoms with E-state index in [1.807, 2.05) is 25.1 Å². The average molecular weight is 392 g/mol. The first kappa shape index (κ1) is 16.6. The van der Waals surface area contributed by atoms with Gasteiger partial charge in [0, 0.05) is 36.3 Å². The predicted molar refractivity (Wildman–Crippen MR) is 94.1 cm³/mol. The fraction of sp³-hybridized carbons (Fsp3) is 0.294. The summed E-state index contributed by atoms with van der Waals surface area (Å²) < 4.78 is 6.05. The van der Waals surface area contributed by atoms with Crippen molar-refractivity contribution in [2.24, 2.45) is 0 Å². The standard InChI is InChI=1S/C17H18BrN3O3/c1-12-4-5-13(18)11-14(12)19-17(23)21-8-6-20(7-9-21)16(22)15-3-2-10-24-15/h2-5,10-11H,6-9H2,1H3,(H,19,23). The number of amides is 3. The molecule has 0 atom stereocenters. The molecular formula is C17H18BrN3O3. The number of furan rings is 1. The van der Waals surface area contributed by atoms with Crippen molar-refractivity contribution >= 4 is 33.6 Å². The number of anilines is 1. The van der Waals surface area contributed by atoms with Crippen LogP contribution in [0.5, 0.6) is 0 Å². The van der Waals surface area contributed by atoms with Gasteiger partial charge in [-0.15, -0.1) is 0 Å². The second-order valence-electron chi connectivity index (χ2n) is 5.65. The van der Waals surface area contributed by atoms with E-state index >= 15 is 0 Å². The van der Waals surface area contributed by atoms with Gasteiger partial charge in [0.1, 0.15) is 0 Å². The Morgan fingerprint density at radius 2 is 1.83 bits per heavy atom. The third kappa shape index (κ3) is 3.62. The Hall–Kier alpha value is -2.28. The van der Waals surface area contributed by atoms with Crippen LogP contribution in [0.2, 0.25) is 0 Å². The van der Waals surface area contributed by atoms with Crippen LogP contribution in [-0.2, 0) is 0 Å². The molecule has 1 aromatic heterocycles. The number of halogens is 1. The van der Waals surface area contributed by atoms with E-state index in [4.69, 9.17) is 4.42 Å². The van der Waals surface area contributed by atoms with E-state index in [0.717, 1.165) is 15.7 Å². The van der Waals surface area contributed by atoms with Crippen LogP contribution in [0.3, 0.4) is 0 Å².